The first kappa shape index (κ1) is 19.5. The lowest BCUT2D eigenvalue weighted by Gasteiger charge is -2.21. The molecule has 0 radical (unpaired) electrons. The molecule has 0 aliphatic rings. The average molecular weight is 478 g/mol. The summed E-state index contributed by atoms with van der Waals surface area (Å²) < 4.78 is 36.9. The number of ether oxygens (including phenoxy) is 2. The first-order chi connectivity index (χ1) is 11.6. The number of rotatable bonds is 4. The van der Waals surface area contributed by atoms with Crippen molar-refractivity contribution in [3.8, 4) is 11.5 Å². The van der Waals surface area contributed by atoms with Crippen LogP contribution in [0.3, 0.4) is 0 Å². The minimum absolute atomic E-state index is 0.0650. The van der Waals surface area contributed by atoms with Crippen LogP contribution in [0.15, 0.2) is 45.3 Å². The third kappa shape index (κ3) is 4.64. The second kappa shape index (κ2) is 7.61. The standard InChI is InChI=1S/C17H12Br2F2O4/c1-17(2,15(22)24-13-5-3-9(20)7-11(13)18)16(23)25-14-6-4-10(21)8-12(14)19/h3-8H,1-2H3. The van der Waals surface area contributed by atoms with Crippen LogP contribution >= 0.6 is 31.9 Å². The van der Waals surface area contributed by atoms with E-state index in [2.05, 4.69) is 31.9 Å². The molecular weight excluding hydrogens is 466 g/mol. The molecule has 132 valence electrons. The number of benzene rings is 2. The van der Waals surface area contributed by atoms with Gasteiger partial charge in [-0.25, -0.2) is 8.78 Å². The highest BCUT2D eigenvalue weighted by Crippen LogP contribution is 2.31. The zero-order valence-corrected chi connectivity index (χ0v) is 16.3. The van der Waals surface area contributed by atoms with E-state index in [0.29, 0.717) is 0 Å². The topological polar surface area (TPSA) is 52.6 Å². The van der Waals surface area contributed by atoms with E-state index in [9.17, 15) is 18.4 Å². The molecule has 0 saturated carbocycles. The molecule has 0 unspecified atom stereocenters. The van der Waals surface area contributed by atoms with Crippen LogP contribution in [-0.4, -0.2) is 11.9 Å². The molecule has 0 fully saturated rings. The van der Waals surface area contributed by atoms with Gasteiger partial charge in [0.1, 0.15) is 23.1 Å². The van der Waals surface area contributed by atoms with E-state index in [1.807, 2.05) is 0 Å². The third-order valence-electron chi connectivity index (χ3n) is 3.21. The van der Waals surface area contributed by atoms with Crippen molar-refractivity contribution in [1.29, 1.82) is 0 Å². The molecule has 0 aliphatic heterocycles. The molecule has 0 saturated heterocycles. The van der Waals surface area contributed by atoms with Crippen LogP contribution in [0.25, 0.3) is 0 Å². The van der Waals surface area contributed by atoms with Crippen LogP contribution in [0.2, 0.25) is 0 Å². The summed E-state index contributed by atoms with van der Waals surface area (Å²) in [6, 6.07) is 7.01. The van der Waals surface area contributed by atoms with Gasteiger partial charge >= 0.3 is 11.9 Å². The SMILES string of the molecule is CC(C)(C(=O)Oc1ccc(F)cc1Br)C(=O)Oc1ccc(F)cc1Br. The van der Waals surface area contributed by atoms with Crippen LogP contribution in [0.4, 0.5) is 8.78 Å². The zero-order valence-electron chi connectivity index (χ0n) is 13.1. The predicted octanol–water partition coefficient (Wildman–Crippen LogP) is 5.03. The Labute approximate surface area is 159 Å². The van der Waals surface area contributed by atoms with E-state index in [0.717, 1.165) is 24.3 Å². The van der Waals surface area contributed by atoms with Crippen molar-refractivity contribution in [3.05, 3.63) is 57.0 Å². The molecule has 0 N–H and O–H groups in total. The molecule has 4 nitrogen and oxygen atoms in total. The number of carbonyl (C=O) groups excluding carboxylic acids is 2. The van der Waals surface area contributed by atoms with Gasteiger partial charge in [-0.3, -0.25) is 9.59 Å². The predicted molar refractivity (Wildman–Crippen MR) is 93.3 cm³/mol. The molecule has 2 aromatic carbocycles. The van der Waals surface area contributed by atoms with E-state index in [-0.39, 0.29) is 20.4 Å². The number of hydrogen-bond donors (Lipinski definition) is 0. The van der Waals surface area contributed by atoms with Gasteiger partial charge in [0.15, 0.2) is 5.41 Å². The lowest BCUT2D eigenvalue weighted by molar-refractivity contribution is -0.158. The highest BCUT2D eigenvalue weighted by molar-refractivity contribution is 9.10. The van der Waals surface area contributed by atoms with Crippen molar-refractivity contribution in [1.82, 2.24) is 0 Å². The zero-order chi connectivity index (χ0) is 18.8. The molecule has 2 aromatic rings. The number of esters is 2. The van der Waals surface area contributed by atoms with Gasteiger partial charge < -0.3 is 9.47 Å². The molecule has 0 atom stereocenters. The highest BCUT2D eigenvalue weighted by Gasteiger charge is 2.40. The Morgan fingerprint density at radius 3 is 1.52 bits per heavy atom. The fraction of sp³-hybridized carbons (Fsp3) is 0.176. The van der Waals surface area contributed by atoms with Crippen LogP contribution in [-0.2, 0) is 9.59 Å². The van der Waals surface area contributed by atoms with Crippen LogP contribution < -0.4 is 9.47 Å². The lowest BCUT2D eigenvalue weighted by Crippen LogP contribution is -2.39. The maximum Gasteiger partial charge on any atom is 0.328 e. The minimum atomic E-state index is -1.65. The van der Waals surface area contributed by atoms with Crippen LogP contribution in [0.5, 0.6) is 11.5 Å². The molecule has 25 heavy (non-hydrogen) atoms. The molecule has 0 amide bonds. The molecule has 0 aliphatic carbocycles. The fourth-order valence-electron chi connectivity index (χ4n) is 1.65. The van der Waals surface area contributed by atoms with Crippen molar-refractivity contribution in [2.45, 2.75) is 13.8 Å². The maximum absolute atomic E-state index is 13.1. The Bertz CT molecular complexity index is 770. The van der Waals surface area contributed by atoms with Crippen molar-refractivity contribution < 1.29 is 27.8 Å². The van der Waals surface area contributed by atoms with Gasteiger partial charge in [-0.2, -0.15) is 0 Å². The van der Waals surface area contributed by atoms with Gasteiger partial charge in [-0.1, -0.05) is 0 Å². The van der Waals surface area contributed by atoms with Crippen LogP contribution in [0, 0.1) is 17.0 Å². The second-order valence-corrected chi connectivity index (χ2v) is 7.26. The minimum Gasteiger partial charge on any atom is -0.424 e. The van der Waals surface area contributed by atoms with E-state index in [1.165, 1.54) is 26.0 Å². The summed E-state index contributed by atoms with van der Waals surface area (Å²) in [6.07, 6.45) is 0. The summed E-state index contributed by atoms with van der Waals surface area (Å²) in [4.78, 5) is 24.7. The summed E-state index contributed by atoms with van der Waals surface area (Å²) in [5, 5.41) is 0. The fourth-order valence-corrected chi connectivity index (χ4v) is 2.52. The number of halogens is 4. The Morgan fingerprint density at radius 1 is 0.840 bits per heavy atom. The first-order valence-electron chi connectivity index (χ1n) is 6.96. The summed E-state index contributed by atoms with van der Waals surface area (Å²) in [5.74, 6) is -2.66. The normalized spacial score (nSPS) is 11.1. The van der Waals surface area contributed by atoms with E-state index >= 15 is 0 Å². The molecule has 2 rings (SSSR count). The molecule has 0 aromatic heterocycles. The Kier molecular flexibility index (Phi) is 5.95. The largest absolute Gasteiger partial charge is 0.424 e. The molecule has 0 spiro atoms. The number of hydrogen-bond acceptors (Lipinski definition) is 4. The Balaban J connectivity index is 2.15. The highest BCUT2D eigenvalue weighted by atomic mass is 79.9. The summed E-state index contributed by atoms with van der Waals surface area (Å²) in [7, 11) is 0. The van der Waals surface area contributed by atoms with E-state index in [4.69, 9.17) is 9.47 Å². The summed E-state index contributed by atoms with van der Waals surface area (Å²) in [5.41, 5.74) is -1.65. The van der Waals surface area contributed by atoms with Crippen molar-refractivity contribution in [3.63, 3.8) is 0 Å². The quantitative estimate of drug-likeness (QED) is 0.352. The monoisotopic (exact) mass is 476 g/mol. The van der Waals surface area contributed by atoms with Gasteiger partial charge in [-0.05, 0) is 82.1 Å². The average Bonchev–Trinajstić information content (AvgIpc) is 2.52. The van der Waals surface area contributed by atoms with E-state index < -0.39 is 29.0 Å². The Morgan fingerprint density at radius 2 is 1.20 bits per heavy atom. The molecule has 0 bridgehead atoms. The second-order valence-electron chi connectivity index (χ2n) is 5.55. The molecule has 8 heteroatoms. The summed E-state index contributed by atoms with van der Waals surface area (Å²) >= 11 is 6.15. The van der Waals surface area contributed by atoms with Gasteiger partial charge in [-0.15, -0.1) is 0 Å². The van der Waals surface area contributed by atoms with Crippen LogP contribution in [0.1, 0.15) is 13.8 Å². The third-order valence-corrected chi connectivity index (χ3v) is 4.45. The van der Waals surface area contributed by atoms with Crippen molar-refractivity contribution >= 4 is 43.8 Å². The molecule has 0 heterocycles. The van der Waals surface area contributed by atoms with Crippen molar-refractivity contribution in [2.24, 2.45) is 5.41 Å². The van der Waals surface area contributed by atoms with E-state index in [1.54, 1.807) is 0 Å². The lowest BCUT2D eigenvalue weighted by atomic mass is 9.94. The maximum atomic E-state index is 13.1. The van der Waals surface area contributed by atoms with Crippen molar-refractivity contribution in [2.75, 3.05) is 0 Å². The van der Waals surface area contributed by atoms with Gasteiger partial charge in [0.25, 0.3) is 0 Å². The Hall–Kier alpha value is -1.80. The first-order valence-corrected chi connectivity index (χ1v) is 8.54. The van der Waals surface area contributed by atoms with Gasteiger partial charge in [0, 0.05) is 0 Å². The molecular formula is C17H12Br2F2O4. The smallest absolute Gasteiger partial charge is 0.328 e. The summed E-state index contributed by atoms with van der Waals surface area (Å²) in [6.45, 7) is 2.65. The van der Waals surface area contributed by atoms with Gasteiger partial charge in [0.05, 0.1) is 8.95 Å². The van der Waals surface area contributed by atoms with Gasteiger partial charge in [0.2, 0.25) is 0 Å². The number of carbonyl (C=O) groups is 2.